The number of hydrogen-bond donors (Lipinski definition) is 1. The summed E-state index contributed by atoms with van der Waals surface area (Å²) in [5.41, 5.74) is 2.04. The summed E-state index contributed by atoms with van der Waals surface area (Å²) in [7, 11) is 0. The highest BCUT2D eigenvalue weighted by Gasteiger charge is 2.21. The Balaban J connectivity index is 1.90. The van der Waals surface area contributed by atoms with E-state index >= 15 is 0 Å². The van der Waals surface area contributed by atoms with Crippen LogP contribution in [0.3, 0.4) is 0 Å². The van der Waals surface area contributed by atoms with Gasteiger partial charge in [0.25, 0.3) is 0 Å². The van der Waals surface area contributed by atoms with Crippen LogP contribution in [0.4, 0.5) is 5.69 Å². The molecule has 1 aliphatic rings. The first-order valence-electron chi connectivity index (χ1n) is 7.80. The summed E-state index contributed by atoms with van der Waals surface area (Å²) in [6.07, 6.45) is 6.45. The molecule has 1 aromatic carbocycles. The zero-order chi connectivity index (χ0) is 14.4. The first kappa shape index (κ1) is 15.0. The number of para-hydroxylation sites is 1. The molecule has 0 saturated heterocycles. The van der Waals surface area contributed by atoms with Crippen molar-refractivity contribution >= 4 is 11.6 Å². The molecule has 0 aromatic heterocycles. The summed E-state index contributed by atoms with van der Waals surface area (Å²) in [4.78, 5) is 14.6. The molecule has 2 rings (SSSR count). The van der Waals surface area contributed by atoms with Crippen molar-refractivity contribution in [2.45, 2.75) is 52.0 Å². The molecule has 0 atom stereocenters. The number of carbonyl (C=O) groups excluding carboxylic acids is 1. The van der Waals surface area contributed by atoms with Gasteiger partial charge in [0, 0.05) is 11.7 Å². The third kappa shape index (κ3) is 4.07. The number of benzene rings is 1. The molecule has 1 fully saturated rings. The predicted octanol–water partition coefficient (Wildman–Crippen LogP) is 3.59. The van der Waals surface area contributed by atoms with Gasteiger partial charge < -0.3 is 5.32 Å². The van der Waals surface area contributed by atoms with Crippen LogP contribution in [-0.4, -0.2) is 29.9 Å². The van der Waals surface area contributed by atoms with Crippen LogP contribution < -0.4 is 5.32 Å². The molecule has 1 amide bonds. The van der Waals surface area contributed by atoms with Gasteiger partial charge in [0.05, 0.1) is 6.54 Å². The van der Waals surface area contributed by atoms with Gasteiger partial charge in [-0.3, -0.25) is 9.69 Å². The standard InChI is InChI=1S/C17H26N2O/c1-3-19(15-10-5-4-6-11-15)13-17(20)18-16-12-8-7-9-14(16)2/h7-9,12,15H,3-6,10-11,13H2,1-2H3,(H,18,20). The zero-order valence-corrected chi connectivity index (χ0v) is 12.7. The van der Waals surface area contributed by atoms with E-state index in [0.29, 0.717) is 12.6 Å². The Kier molecular flexibility index (Phi) is 5.60. The number of nitrogens with one attached hydrogen (secondary N) is 1. The maximum Gasteiger partial charge on any atom is 0.238 e. The van der Waals surface area contributed by atoms with Gasteiger partial charge in [-0.2, -0.15) is 0 Å². The van der Waals surface area contributed by atoms with Crippen molar-refractivity contribution in [3.05, 3.63) is 29.8 Å². The average molecular weight is 274 g/mol. The second-order valence-corrected chi connectivity index (χ2v) is 5.72. The van der Waals surface area contributed by atoms with Crippen molar-refractivity contribution < 1.29 is 4.79 Å². The van der Waals surface area contributed by atoms with Crippen molar-refractivity contribution in [2.75, 3.05) is 18.4 Å². The lowest BCUT2D eigenvalue weighted by molar-refractivity contribution is -0.118. The minimum Gasteiger partial charge on any atom is -0.325 e. The fourth-order valence-corrected chi connectivity index (χ4v) is 3.03. The molecule has 1 saturated carbocycles. The molecule has 0 bridgehead atoms. The lowest BCUT2D eigenvalue weighted by Crippen LogP contribution is -2.41. The Morgan fingerprint density at radius 1 is 1.25 bits per heavy atom. The molecule has 1 aliphatic carbocycles. The number of amides is 1. The molecule has 1 aromatic rings. The minimum absolute atomic E-state index is 0.103. The van der Waals surface area contributed by atoms with Crippen LogP contribution >= 0.6 is 0 Å². The summed E-state index contributed by atoms with van der Waals surface area (Å²) in [5.74, 6) is 0.103. The maximum atomic E-state index is 12.2. The Morgan fingerprint density at radius 2 is 1.95 bits per heavy atom. The SMILES string of the molecule is CCN(CC(=O)Nc1ccccc1C)C1CCCCC1. The number of aryl methyl sites for hydroxylation is 1. The number of anilines is 1. The van der Waals surface area contributed by atoms with Crippen LogP contribution in [0.5, 0.6) is 0 Å². The lowest BCUT2D eigenvalue weighted by Gasteiger charge is -2.33. The van der Waals surface area contributed by atoms with Gasteiger partial charge in [-0.1, -0.05) is 44.4 Å². The van der Waals surface area contributed by atoms with Crippen LogP contribution in [-0.2, 0) is 4.79 Å². The quantitative estimate of drug-likeness (QED) is 0.890. The van der Waals surface area contributed by atoms with E-state index in [1.807, 2.05) is 31.2 Å². The van der Waals surface area contributed by atoms with E-state index in [4.69, 9.17) is 0 Å². The molecule has 0 spiro atoms. The van der Waals surface area contributed by atoms with Crippen molar-refractivity contribution in [1.82, 2.24) is 4.90 Å². The zero-order valence-electron chi connectivity index (χ0n) is 12.7. The molecule has 0 aliphatic heterocycles. The largest absolute Gasteiger partial charge is 0.325 e. The summed E-state index contributed by atoms with van der Waals surface area (Å²) in [6, 6.07) is 8.53. The van der Waals surface area contributed by atoms with E-state index < -0.39 is 0 Å². The highest BCUT2D eigenvalue weighted by atomic mass is 16.2. The smallest absolute Gasteiger partial charge is 0.238 e. The van der Waals surface area contributed by atoms with E-state index in [-0.39, 0.29) is 5.91 Å². The van der Waals surface area contributed by atoms with Gasteiger partial charge in [0.15, 0.2) is 0 Å². The summed E-state index contributed by atoms with van der Waals surface area (Å²) in [6.45, 7) is 5.63. The van der Waals surface area contributed by atoms with E-state index in [1.165, 1.54) is 32.1 Å². The number of likely N-dealkylation sites (N-methyl/N-ethyl adjacent to an activating group) is 1. The fraction of sp³-hybridized carbons (Fsp3) is 0.588. The molecule has 0 heterocycles. The normalized spacial score (nSPS) is 16.4. The molecule has 110 valence electrons. The minimum atomic E-state index is 0.103. The van der Waals surface area contributed by atoms with Crippen molar-refractivity contribution in [3.63, 3.8) is 0 Å². The van der Waals surface area contributed by atoms with Crippen LogP contribution in [0, 0.1) is 6.92 Å². The van der Waals surface area contributed by atoms with Crippen LogP contribution in [0.15, 0.2) is 24.3 Å². The fourth-order valence-electron chi connectivity index (χ4n) is 3.03. The van der Waals surface area contributed by atoms with Crippen LogP contribution in [0.25, 0.3) is 0 Å². The van der Waals surface area contributed by atoms with Crippen molar-refractivity contribution in [2.24, 2.45) is 0 Å². The van der Waals surface area contributed by atoms with Crippen molar-refractivity contribution in [1.29, 1.82) is 0 Å². The van der Waals surface area contributed by atoms with E-state index in [2.05, 4.69) is 17.1 Å². The van der Waals surface area contributed by atoms with E-state index in [1.54, 1.807) is 0 Å². The monoisotopic (exact) mass is 274 g/mol. The first-order chi connectivity index (χ1) is 9.70. The molecule has 3 heteroatoms. The van der Waals surface area contributed by atoms with Crippen LogP contribution in [0.1, 0.15) is 44.6 Å². The maximum absolute atomic E-state index is 12.2. The van der Waals surface area contributed by atoms with Crippen LogP contribution in [0.2, 0.25) is 0 Å². The second-order valence-electron chi connectivity index (χ2n) is 5.72. The number of nitrogens with zero attached hydrogens (tertiary/aromatic N) is 1. The summed E-state index contributed by atoms with van der Waals surface area (Å²) in [5, 5.41) is 3.03. The first-order valence-corrected chi connectivity index (χ1v) is 7.80. The topological polar surface area (TPSA) is 32.3 Å². The van der Waals surface area contributed by atoms with Gasteiger partial charge >= 0.3 is 0 Å². The Morgan fingerprint density at radius 3 is 2.60 bits per heavy atom. The number of rotatable bonds is 5. The third-order valence-corrected chi connectivity index (χ3v) is 4.26. The average Bonchev–Trinajstić information content (AvgIpc) is 2.48. The van der Waals surface area contributed by atoms with Gasteiger partial charge in [-0.15, -0.1) is 0 Å². The highest BCUT2D eigenvalue weighted by Crippen LogP contribution is 2.22. The Bertz CT molecular complexity index is 438. The van der Waals surface area contributed by atoms with Gasteiger partial charge in [0.2, 0.25) is 5.91 Å². The lowest BCUT2D eigenvalue weighted by atomic mass is 9.94. The van der Waals surface area contributed by atoms with Gasteiger partial charge in [-0.05, 0) is 37.9 Å². The molecular formula is C17H26N2O. The van der Waals surface area contributed by atoms with E-state index in [9.17, 15) is 4.79 Å². The molecule has 20 heavy (non-hydrogen) atoms. The number of hydrogen-bond acceptors (Lipinski definition) is 2. The molecular weight excluding hydrogens is 248 g/mol. The highest BCUT2D eigenvalue weighted by molar-refractivity contribution is 5.92. The molecule has 1 N–H and O–H groups in total. The van der Waals surface area contributed by atoms with Gasteiger partial charge in [0.1, 0.15) is 0 Å². The van der Waals surface area contributed by atoms with Crippen molar-refractivity contribution in [3.8, 4) is 0 Å². The summed E-state index contributed by atoms with van der Waals surface area (Å²) < 4.78 is 0. The molecule has 3 nitrogen and oxygen atoms in total. The van der Waals surface area contributed by atoms with Gasteiger partial charge in [-0.25, -0.2) is 0 Å². The Labute approximate surface area is 122 Å². The second kappa shape index (κ2) is 7.44. The Hall–Kier alpha value is -1.35. The molecule has 0 unspecified atom stereocenters. The van der Waals surface area contributed by atoms with E-state index in [0.717, 1.165) is 17.8 Å². The predicted molar refractivity (Wildman–Crippen MR) is 83.9 cm³/mol. The third-order valence-electron chi connectivity index (χ3n) is 4.26. The molecule has 0 radical (unpaired) electrons. The summed E-state index contributed by atoms with van der Waals surface area (Å²) >= 11 is 0. The number of carbonyl (C=O) groups is 1.